The van der Waals surface area contributed by atoms with Crippen molar-refractivity contribution in [2.45, 2.75) is 32.9 Å². The summed E-state index contributed by atoms with van der Waals surface area (Å²) in [5, 5.41) is 14.4. The number of rotatable bonds is 4. The van der Waals surface area contributed by atoms with Gasteiger partial charge >= 0.3 is 0 Å². The molecule has 0 aliphatic heterocycles. The first-order chi connectivity index (χ1) is 8.63. The van der Waals surface area contributed by atoms with Crippen LogP contribution in [0.15, 0.2) is 30.5 Å². The van der Waals surface area contributed by atoms with Gasteiger partial charge in [0.1, 0.15) is 11.9 Å². The number of aryl methyl sites for hydroxylation is 2. The molecule has 0 bridgehead atoms. The summed E-state index contributed by atoms with van der Waals surface area (Å²) in [5.41, 5.74) is 1.85. The van der Waals surface area contributed by atoms with Gasteiger partial charge < -0.3 is 5.11 Å². The van der Waals surface area contributed by atoms with Crippen LogP contribution in [0.3, 0.4) is 0 Å². The molecule has 2 rings (SSSR count). The minimum absolute atomic E-state index is 0.299. The third-order valence-corrected chi connectivity index (χ3v) is 2.91. The van der Waals surface area contributed by atoms with Crippen molar-refractivity contribution in [3.05, 3.63) is 53.1 Å². The second kappa shape index (κ2) is 5.31. The number of hydrogen-bond acceptors (Lipinski definition) is 2. The normalized spacial score (nSPS) is 12.7. The van der Waals surface area contributed by atoms with Crippen molar-refractivity contribution in [1.29, 1.82) is 0 Å². The average Bonchev–Trinajstić information content (AvgIpc) is 2.80. The van der Waals surface area contributed by atoms with E-state index in [-0.39, 0.29) is 0 Å². The predicted octanol–water partition coefficient (Wildman–Crippen LogP) is 2.82. The lowest BCUT2D eigenvalue weighted by Crippen LogP contribution is -2.11. The number of aromatic nitrogens is 2. The summed E-state index contributed by atoms with van der Waals surface area (Å²) in [4.78, 5) is 0. The molecule has 18 heavy (non-hydrogen) atoms. The van der Waals surface area contributed by atoms with Crippen molar-refractivity contribution >= 4 is 0 Å². The van der Waals surface area contributed by atoms with Crippen molar-refractivity contribution < 1.29 is 9.50 Å². The summed E-state index contributed by atoms with van der Waals surface area (Å²) >= 11 is 0. The summed E-state index contributed by atoms with van der Waals surface area (Å²) in [6, 6.07) is 6.47. The maximum absolute atomic E-state index is 13.7. The number of halogens is 1. The predicted molar refractivity (Wildman–Crippen MR) is 67.7 cm³/mol. The smallest absolute Gasteiger partial charge is 0.129 e. The van der Waals surface area contributed by atoms with Gasteiger partial charge in [-0.15, -0.1) is 0 Å². The molecule has 96 valence electrons. The van der Waals surface area contributed by atoms with Gasteiger partial charge in [-0.3, -0.25) is 4.68 Å². The molecule has 4 heteroatoms. The lowest BCUT2D eigenvalue weighted by Gasteiger charge is -2.14. The Morgan fingerprint density at radius 3 is 2.89 bits per heavy atom. The first-order valence-corrected chi connectivity index (χ1v) is 6.09. The van der Waals surface area contributed by atoms with Crippen LogP contribution >= 0.6 is 0 Å². The fraction of sp³-hybridized carbons (Fsp3) is 0.357. The quantitative estimate of drug-likeness (QED) is 0.903. The molecule has 0 amide bonds. The fourth-order valence-electron chi connectivity index (χ4n) is 2.01. The third-order valence-electron chi connectivity index (χ3n) is 2.91. The average molecular weight is 248 g/mol. The van der Waals surface area contributed by atoms with E-state index in [1.807, 2.05) is 13.8 Å². The number of aliphatic hydroxyl groups is 1. The van der Waals surface area contributed by atoms with Crippen LogP contribution in [0.5, 0.6) is 0 Å². The highest BCUT2D eigenvalue weighted by Gasteiger charge is 2.18. The van der Waals surface area contributed by atoms with Crippen LogP contribution in [0.2, 0.25) is 0 Å². The Hall–Kier alpha value is -1.68. The van der Waals surface area contributed by atoms with Gasteiger partial charge in [-0.25, -0.2) is 4.39 Å². The van der Waals surface area contributed by atoms with Crippen molar-refractivity contribution in [3.8, 4) is 0 Å². The third kappa shape index (κ3) is 2.43. The standard InChI is InChI=1S/C14H17FN2O/c1-3-8-17-13(6-7-16-17)14(18)11-9-10(2)4-5-12(11)15/h4-7,9,14,18H,3,8H2,1-2H3. The molecule has 0 aliphatic rings. The molecule has 0 saturated heterocycles. The molecule has 0 fully saturated rings. The molecule has 0 radical (unpaired) electrons. The minimum atomic E-state index is -0.973. The van der Waals surface area contributed by atoms with E-state index in [0.717, 1.165) is 12.0 Å². The van der Waals surface area contributed by atoms with Crippen molar-refractivity contribution in [3.63, 3.8) is 0 Å². The van der Waals surface area contributed by atoms with E-state index < -0.39 is 11.9 Å². The van der Waals surface area contributed by atoms with Gasteiger partial charge in [0.05, 0.1) is 5.69 Å². The van der Waals surface area contributed by atoms with Gasteiger partial charge in [0.2, 0.25) is 0 Å². The van der Waals surface area contributed by atoms with Crippen LogP contribution in [-0.2, 0) is 6.54 Å². The molecular formula is C14H17FN2O. The molecule has 1 aromatic carbocycles. The van der Waals surface area contributed by atoms with E-state index in [0.29, 0.717) is 17.8 Å². The van der Waals surface area contributed by atoms with Crippen molar-refractivity contribution in [1.82, 2.24) is 9.78 Å². The lowest BCUT2D eigenvalue weighted by molar-refractivity contribution is 0.202. The Labute approximate surface area is 106 Å². The van der Waals surface area contributed by atoms with Crippen LogP contribution < -0.4 is 0 Å². The molecule has 1 heterocycles. The van der Waals surface area contributed by atoms with Gasteiger partial charge in [-0.1, -0.05) is 24.6 Å². The van der Waals surface area contributed by atoms with E-state index in [9.17, 15) is 9.50 Å². The molecular weight excluding hydrogens is 231 g/mol. The number of benzene rings is 1. The molecule has 2 aromatic rings. The molecule has 0 spiro atoms. The highest BCUT2D eigenvalue weighted by molar-refractivity contribution is 5.30. The number of nitrogens with zero attached hydrogens (tertiary/aromatic N) is 2. The molecule has 1 atom stereocenters. The van der Waals surface area contributed by atoms with Gasteiger partial charge in [0, 0.05) is 18.3 Å². The van der Waals surface area contributed by atoms with E-state index in [4.69, 9.17) is 0 Å². The van der Waals surface area contributed by atoms with Crippen molar-refractivity contribution in [2.75, 3.05) is 0 Å². The molecule has 0 aliphatic carbocycles. The number of aliphatic hydroxyl groups excluding tert-OH is 1. The SMILES string of the molecule is CCCn1nccc1C(O)c1cc(C)ccc1F. The van der Waals surface area contributed by atoms with Crippen LogP contribution in [0.1, 0.15) is 36.3 Å². The van der Waals surface area contributed by atoms with E-state index in [2.05, 4.69) is 5.10 Å². The van der Waals surface area contributed by atoms with Crippen molar-refractivity contribution in [2.24, 2.45) is 0 Å². The Kier molecular flexibility index (Phi) is 3.77. The summed E-state index contributed by atoms with van der Waals surface area (Å²) in [5.74, 6) is -0.391. The Morgan fingerprint density at radius 2 is 2.17 bits per heavy atom. The molecule has 3 nitrogen and oxygen atoms in total. The fourth-order valence-corrected chi connectivity index (χ4v) is 2.01. The summed E-state index contributed by atoms with van der Waals surface area (Å²) in [7, 11) is 0. The van der Waals surface area contributed by atoms with E-state index >= 15 is 0 Å². The molecule has 0 saturated carbocycles. The minimum Gasteiger partial charge on any atom is -0.382 e. The highest BCUT2D eigenvalue weighted by atomic mass is 19.1. The van der Waals surface area contributed by atoms with Crippen LogP contribution in [0.4, 0.5) is 4.39 Å². The summed E-state index contributed by atoms with van der Waals surface area (Å²) < 4.78 is 15.5. The summed E-state index contributed by atoms with van der Waals surface area (Å²) in [6.45, 7) is 4.62. The summed E-state index contributed by atoms with van der Waals surface area (Å²) in [6.07, 6.45) is 1.57. The Bertz CT molecular complexity index is 536. The molecule has 1 unspecified atom stereocenters. The molecule has 1 aromatic heterocycles. The van der Waals surface area contributed by atoms with Gasteiger partial charge in [0.15, 0.2) is 0 Å². The lowest BCUT2D eigenvalue weighted by atomic mass is 10.0. The Morgan fingerprint density at radius 1 is 1.39 bits per heavy atom. The first-order valence-electron chi connectivity index (χ1n) is 6.09. The maximum atomic E-state index is 13.7. The zero-order valence-corrected chi connectivity index (χ0v) is 10.6. The zero-order chi connectivity index (χ0) is 13.1. The van der Waals surface area contributed by atoms with Crippen LogP contribution in [-0.4, -0.2) is 14.9 Å². The van der Waals surface area contributed by atoms with Gasteiger partial charge in [0.25, 0.3) is 0 Å². The van der Waals surface area contributed by atoms with Crippen LogP contribution in [0, 0.1) is 12.7 Å². The molecule has 1 N–H and O–H groups in total. The first kappa shape index (κ1) is 12.8. The van der Waals surface area contributed by atoms with E-state index in [1.165, 1.54) is 6.07 Å². The second-order valence-corrected chi connectivity index (χ2v) is 4.41. The highest BCUT2D eigenvalue weighted by Crippen LogP contribution is 2.25. The zero-order valence-electron chi connectivity index (χ0n) is 10.6. The second-order valence-electron chi connectivity index (χ2n) is 4.41. The van der Waals surface area contributed by atoms with E-state index in [1.54, 1.807) is 29.1 Å². The van der Waals surface area contributed by atoms with Crippen LogP contribution in [0.25, 0.3) is 0 Å². The largest absolute Gasteiger partial charge is 0.382 e. The topological polar surface area (TPSA) is 38.0 Å². The monoisotopic (exact) mass is 248 g/mol. The van der Waals surface area contributed by atoms with Gasteiger partial charge in [-0.2, -0.15) is 5.10 Å². The Balaban J connectivity index is 2.38. The van der Waals surface area contributed by atoms with Gasteiger partial charge in [-0.05, 0) is 25.5 Å². The number of hydrogen-bond donors (Lipinski definition) is 1. The maximum Gasteiger partial charge on any atom is 0.129 e.